The fourth-order valence-electron chi connectivity index (χ4n) is 3.21. The number of ether oxygens (including phenoxy) is 3. The molecule has 0 bridgehead atoms. The molecule has 0 aliphatic heterocycles. The van der Waals surface area contributed by atoms with Crippen LogP contribution in [0, 0.1) is 0 Å². The van der Waals surface area contributed by atoms with Crippen molar-refractivity contribution in [1.82, 2.24) is 4.90 Å². The summed E-state index contributed by atoms with van der Waals surface area (Å²) in [5.41, 5.74) is 2.07. The largest absolute Gasteiger partial charge is 0.497 e. The molecule has 0 unspecified atom stereocenters. The minimum absolute atomic E-state index is 0.106. The molecule has 0 aliphatic rings. The number of rotatable bonds is 10. The highest BCUT2D eigenvalue weighted by molar-refractivity contribution is 7.09. The van der Waals surface area contributed by atoms with Crippen LogP contribution in [0.3, 0.4) is 0 Å². The van der Waals surface area contributed by atoms with Crippen LogP contribution in [0.15, 0.2) is 60.0 Å². The number of nitrogens with zero attached hydrogens (tertiary/aromatic N) is 1. The predicted molar refractivity (Wildman–Crippen MR) is 120 cm³/mol. The van der Waals surface area contributed by atoms with E-state index in [1.165, 1.54) is 4.88 Å². The van der Waals surface area contributed by atoms with E-state index in [4.69, 9.17) is 14.2 Å². The Morgan fingerprint density at radius 3 is 2.27 bits per heavy atom. The first kappa shape index (κ1) is 21.7. The molecular weight excluding hydrogens is 398 g/mol. The molecule has 3 aromatic rings. The van der Waals surface area contributed by atoms with Gasteiger partial charge < -0.3 is 19.1 Å². The van der Waals surface area contributed by atoms with E-state index < -0.39 is 0 Å². The molecule has 0 saturated carbocycles. The number of hydrogen-bond donors (Lipinski definition) is 0. The second kappa shape index (κ2) is 10.7. The number of benzene rings is 2. The SMILES string of the molecule is COc1ccc(CC(=O)N(CCc2ccc(OC)c(OC)c2)Cc2cccs2)cc1. The maximum Gasteiger partial charge on any atom is 0.227 e. The normalized spacial score (nSPS) is 10.5. The van der Waals surface area contributed by atoms with E-state index in [0.717, 1.165) is 23.3 Å². The maximum absolute atomic E-state index is 13.1. The standard InChI is InChI=1S/C24H27NO4S/c1-27-20-9-6-18(7-10-20)16-24(26)25(17-21-5-4-14-30-21)13-12-19-8-11-22(28-2)23(15-19)29-3/h4-11,14-15H,12-13,16-17H2,1-3H3. The van der Waals surface area contributed by atoms with Gasteiger partial charge in [-0.3, -0.25) is 4.79 Å². The summed E-state index contributed by atoms with van der Waals surface area (Å²) in [5, 5.41) is 2.04. The molecule has 2 aromatic carbocycles. The average Bonchev–Trinajstić information content (AvgIpc) is 3.30. The minimum Gasteiger partial charge on any atom is -0.497 e. The highest BCUT2D eigenvalue weighted by atomic mass is 32.1. The van der Waals surface area contributed by atoms with E-state index in [9.17, 15) is 4.79 Å². The molecule has 0 fully saturated rings. The van der Waals surface area contributed by atoms with E-state index in [2.05, 4.69) is 6.07 Å². The van der Waals surface area contributed by atoms with E-state index in [1.54, 1.807) is 32.7 Å². The second-order valence-electron chi connectivity index (χ2n) is 6.86. The van der Waals surface area contributed by atoms with Crippen molar-refractivity contribution in [3.05, 3.63) is 76.0 Å². The van der Waals surface area contributed by atoms with Crippen LogP contribution in [-0.4, -0.2) is 38.7 Å². The number of carbonyl (C=O) groups is 1. The quantitative estimate of drug-likeness (QED) is 0.477. The van der Waals surface area contributed by atoms with Crippen molar-refractivity contribution < 1.29 is 19.0 Å². The molecule has 0 radical (unpaired) electrons. The molecule has 0 spiro atoms. The van der Waals surface area contributed by atoms with Gasteiger partial charge >= 0.3 is 0 Å². The highest BCUT2D eigenvalue weighted by Crippen LogP contribution is 2.28. The van der Waals surface area contributed by atoms with Crippen molar-refractivity contribution in [3.63, 3.8) is 0 Å². The lowest BCUT2D eigenvalue weighted by atomic mass is 10.1. The van der Waals surface area contributed by atoms with Crippen LogP contribution in [-0.2, 0) is 24.2 Å². The molecule has 0 N–H and O–H groups in total. The van der Waals surface area contributed by atoms with Crippen molar-refractivity contribution in [3.8, 4) is 17.2 Å². The van der Waals surface area contributed by atoms with E-state index >= 15 is 0 Å². The molecule has 1 aromatic heterocycles. The number of methoxy groups -OCH3 is 3. The Hall–Kier alpha value is -2.99. The summed E-state index contributed by atoms with van der Waals surface area (Å²) in [6, 6.07) is 17.6. The smallest absolute Gasteiger partial charge is 0.227 e. The topological polar surface area (TPSA) is 48.0 Å². The molecule has 30 heavy (non-hydrogen) atoms. The lowest BCUT2D eigenvalue weighted by Gasteiger charge is -2.23. The van der Waals surface area contributed by atoms with Crippen LogP contribution in [0.4, 0.5) is 0 Å². The molecule has 3 rings (SSSR count). The van der Waals surface area contributed by atoms with Crippen LogP contribution in [0.25, 0.3) is 0 Å². The number of hydrogen-bond acceptors (Lipinski definition) is 5. The van der Waals surface area contributed by atoms with Crippen molar-refractivity contribution in [2.75, 3.05) is 27.9 Å². The Morgan fingerprint density at radius 1 is 0.900 bits per heavy atom. The molecule has 1 heterocycles. The van der Waals surface area contributed by atoms with Crippen LogP contribution in [0.2, 0.25) is 0 Å². The fraction of sp³-hybridized carbons (Fsp3) is 0.292. The summed E-state index contributed by atoms with van der Waals surface area (Å²) < 4.78 is 15.9. The summed E-state index contributed by atoms with van der Waals surface area (Å²) >= 11 is 1.67. The average molecular weight is 426 g/mol. The Labute approximate surface area is 181 Å². The van der Waals surface area contributed by atoms with Gasteiger partial charge in [0.1, 0.15) is 5.75 Å². The highest BCUT2D eigenvalue weighted by Gasteiger charge is 2.16. The Balaban J connectivity index is 1.70. The van der Waals surface area contributed by atoms with Gasteiger partial charge in [-0.2, -0.15) is 0 Å². The zero-order chi connectivity index (χ0) is 21.3. The van der Waals surface area contributed by atoms with E-state index in [1.807, 2.05) is 58.8 Å². The third-order valence-corrected chi connectivity index (χ3v) is 5.77. The van der Waals surface area contributed by atoms with Crippen LogP contribution < -0.4 is 14.2 Å². The van der Waals surface area contributed by atoms with Gasteiger partial charge in [0.25, 0.3) is 0 Å². The summed E-state index contributed by atoms with van der Waals surface area (Å²) in [6.07, 6.45) is 1.10. The molecule has 1 amide bonds. The lowest BCUT2D eigenvalue weighted by molar-refractivity contribution is -0.131. The van der Waals surface area contributed by atoms with Crippen molar-refractivity contribution in [2.45, 2.75) is 19.4 Å². The Morgan fingerprint density at radius 2 is 1.63 bits per heavy atom. The van der Waals surface area contributed by atoms with Gasteiger partial charge in [-0.1, -0.05) is 24.3 Å². The van der Waals surface area contributed by atoms with Crippen LogP contribution >= 0.6 is 11.3 Å². The van der Waals surface area contributed by atoms with Crippen LogP contribution in [0.1, 0.15) is 16.0 Å². The van der Waals surface area contributed by atoms with Crippen molar-refractivity contribution >= 4 is 17.2 Å². The summed E-state index contributed by atoms with van der Waals surface area (Å²) in [7, 11) is 4.89. The number of carbonyl (C=O) groups excluding carboxylic acids is 1. The molecular formula is C24H27NO4S. The van der Waals surface area contributed by atoms with Gasteiger partial charge in [-0.25, -0.2) is 0 Å². The molecule has 0 atom stereocenters. The predicted octanol–water partition coefficient (Wildman–Crippen LogP) is 4.59. The maximum atomic E-state index is 13.1. The Kier molecular flexibility index (Phi) is 7.74. The van der Waals surface area contributed by atoms with Gasteiger partial charge in [0.05, 0.1) is 34.3 Å². The molecule has 0 aliphatic carbocycles. The summed E-state index contributed by atoms with van der Waals surface area (Å²) in [6.45, 7) is 1.24. The summed E-state index contributed by atoms with van der Waals surface area (Å²) in [4.78, 5) is 16.2. The van der Waals surface area contributed by atoms with Gasteiger partial charge in [0.2, 0.25) is 5.91 Å². The molecule has 0 saturated heterocycles. The zero-order valence-electron chi connectivity index (χ0n) is 17.6. The van der Waals surface area contributed by atoms with Crippen molar-refractivity contribution in [1.29, 1.82) is 0 Å². The van der Waals surface area contributed by atoms with E-state index in [0.29, 0.717) is 31.0 Å². The summed E-state index contributed by atoms with van der Waals surface area (Å²) in [5.74, 6) is 2.29. The molecule has 5 nitrogen and oxygen atoms in total. The van der Waals surface area contributed by atoms with Crippen molar-refractivity contribution in [2.24, 2.45) is 0 Å². The molecule has 6 heteroatoms. The second-order valence-corrected chi connectivity index (χ2v) is 7.89. The first-order valence-electron chi connectivity index (χ1n) is 9.77. The van der Waals surface area contributed by atoms with Crippen LogP contribution in [0.5, 0.6) is 17.2 Å². The van der Waals surface area contributed by atoms with Gasteiger partial charge in [-0.15, -0.1) is 11.3 Å². The fourth-order valence-corrected chi connectivity index (χ4v) is 3.93. The van der Waals surface area contributed by atoms with Gasteiger partial charge in [0, 0.05) is 11.4 Å². The molecule has 158 valence electrons. The third kappa shape index (κ3) is 5.76. The lowest BCUT2D eigenvalue weighted by Crippen LogP contribution is -2.33. The first-order chi connectivity index (χ1) is 14.6. The van der Waals surface area contributed by atoms with Gasteiger partial charge in [0.15, 0.2) is 11.5 Å². The zero-order valence-corrected chi connectivity index (χ0v) is 18.4. The minimum atomic E-state index is 0.106. The Bertz CT molecular complexity index is 938. The number of thiophene rings is 1. The monoisotopic (exact) mass is 425 g/mol. The van der Waals surface area contributed by atoms with E-state index in [-0.39, 0.29) is 5.91 Å². The first-order valence-corrected chi connectivity index (χ1v) is 10.6. The van der Waals surface area contributed by atoms with Gasteiger partial charge in [-0.05, 0) is 53.3 Å². The number of amides is 1. The third-order valence-electron chi connectivity index (χ3n) is 4.91.